The molecule has 2 aliphatic heterocycles. The van der Waals surface area contributed by atoms with E-state index in [0.29, 0.717) is 12.0 Å². The minimum absolute atomic E-state index is 0.0843. The van der Waals surface area contributed by atoms with Gasteiger partial charge in [-0.1, -0.05) is 13.3 Å². The Morgan fingerprint density at radius 1 is 1.35 bits per heavy atom. The number of carbonyl (C=O) groups excluding carboxylic acids is 1. The number of aliphatic hydroxyl groups is 1. The molecular weight excluding hydrogens is 254 g/mol. The van der Waals surface area contributed by atoms with Crippen LogP contribution in [0.2, 0.25) is 0 Å². The molecule has 4 atom stereocenters. The SMILES string of the molecule is C[C@H]1CN([C@@H](C)CN2CCCCC2C(N)=O)CC[C@@H]1O. The number of primary amides is 1. The van der Waals surface area contributed by atoms with Gasteiger partial charge in [-0.25, -0.2) is 0 Å². The Hall–Kier alpha value is -0.650. The lowest BCUT2D eigenvalue weighted by atomic mass is 9.95. The Balaban J connectivity index is 1.89. The van der Waals surface area contributed by atoms with E-state index in [-0.39, 0.29) is 18.1 Å². The van der Waals surface area contributed by atoms with E-state index in [1.54, 1.807) is 0 Å². The summed E-state index contributed by atoms with van der Waals surface area (Å²) in [6, 6.07) is 0.323. The molecule has 0 aromatic carbocycles. The Bertz CT molecular complexity index is 337. The molecule has 1 unspecified atom stereocenters. The number of carbonyl (C=O) groups is 1. The molecule has 5 nitrogen and oxygen atoms in total. The van der Waals surface area contributed by atoms with Crippen molar-refractivity contribution in [3.8, 4) is 0 Å². The van der Waals surface area contributed by atoms with E-state index < -0.39 is 0 Å². The van der Waals surface area contributed by atoms with Crippen LogP contribution in [-0.4, -0.2) is 65.2 Å². The maximum Gasteiger partial charge on any atom is 0.234 e. The van der Waals surface area contributed by atoms with Crippen LogP contribution in [0.4, 0.5) is 0 Å². The fourth-order valence-electron chi connectivity index (χ4n) is 3.55. The predicted octanol–water partition coefficient (Wildman–Crippen LogP) is 0.417. The summed E-state index contributed by atoms with van der Waals surface area (Å²) < 4.78 is 0. The van der Waals surface area contributed by atoms with Crippen LogP contribution in [0.5, 0.6) is 0 Å². The van der Waals surface area contributed by atoms with E-state index in [1.165, 1.54) is 0 Å². The Morgan fingerprint density at radius 3 is 2.75 bits per heavy atom. The van der Waals surface area contributed by atoms with Crippen molar-refractivity contribution < 1.29 is 9.90 Å². The largest absolute Gasteiger partial charge is 0.393 e. The molecule has 0 spiro atoms. The second kappa shape index (κ2) is 6.87. The van der Waals surface area contributed by atoms with Crippen molar-refractivity contribution in [2.45, 2.75) is 57.7 Å². The minimum atomic E-state index is -0.181. The van der Waals surface area contributed by atoms with Gasteiger partial charge in [0.05, 0.1) is 12.1 Å². The summed E-state index contributed by atoms with van der Waals surface area (Å²) in [4.78, 5) is 16.2. The van der Waals surface area contributed by atoms with Gasteiger partial charge in [-0.05, 0) is 38.6 Å². The molecule has 0 aromatic heterocycles. The van der Waals surface area contributed by atoms with Gasteiger partial charge in [0, 0.05) is 25.7 Å². The summed E-state index contributed by atoms with van der Waals surface area (Å²) in [7, 11) is 0. The van der Waals surface area contributed by atoms with E-state index in [0.717, 1.165) is 51.9 Å². The van der Waals surface area contributed by atoms with Crippen LogP contribution in [0.25, 0.3) is 0 Å². The fourth-order valence-corrected chi connectivity index (χ4v) is 3.55. The van der Waals surface area contributed by atoms with Crippen molar-refractivity contribution in [1.29, 1.82) is 0 Å². The minimum Gasteiger partial charge on any atom is -0.393 e. The molecule has 20 heavy (non-hydrogen) atoms. The van der Waals surface area contributed by atoms with Crippen LogP contribution in [0.15, 0.2) is 0 Å². The number of nitrogens with zero attached hydrogens (tertiary/aromatic N) is 2. The second-order valence-corrected chi connectivity index (χ2v) is 6.59. The molecule has 2 saturated heterocycles. The molecule has 2 aliphatic rings. The van der Waals surface area contributed by atoms with Crippen LogP contribution < -0.4 is 5.73 Å². The summed E-state index contributed by atoms with van der Waals surface area (Å²) in [5, 5.41) is 9.82. The Labute approximate surface area is 122 Å². The van der Waals surface area contributed by atoms with Crippen molar-refractivity contribution in [2.24, 2.45) is 11.7 Å². The quantitative estimate of drug-likeness (QED) is 0.784. The molecule has 5 heteroatoms. The van der Waals surface area contributed by atoms with Crippen LogP contribution in [0, 0.1) is 5.92 Å². The molecule has 116 valence electrons. The smallest absolute Gasteiger partial charge is 0.234 e. The highest BCUT2D eigenvalue weighted by molar-refractivity contribution is 5.79. The van der Waals surface area contributed by atoms with Gasteiger partial charge in [0.2, 0.25) is 5.91 Å². The van der Waals surface area contributed by atoms with E-state index >= 15 is 0 Å². The number of hydrogen-bond acceptors (Lipinski definition) is 4. The first-order chi connectivity index (χ1) is 9.49. The number of piperidine rings is 2. The van der Waals surface area contributed by atoms with Gasteiger partial charge in [0.15, 0.2) is 0 Å². The topological polar surface area (TPSA) is 69.8 Å². The maximum atomic E-state index is 11.6. The van der Waals surface area contributed by atoms with Crippen molar-refractivity contribution in [3.63, 3.8) is 0 Å². The molecule has 0 aromatic rings. The number of nitrogens with two attached hydrogens (primary N) is 1. The lowest BCUT2D eigenvalue weighted by Crippen LogP contribution is -2.54. The summed E-state index contributed by atoms with van der Waals surface area (Å²) in [6.07, 6.45) is 3.85. The van der Waals surface area contributed by atoms with Gasteiger partial charge >= 0.3 is 0 Å². The van der Waals surface area contributed by atoms with E-state index in [9.17, 15) is 9.90 Å². The number of rotatable bonds is 4. The zero-order valence-corrected chi connectivity index (χ0v) is 12.8. The first-order valence-electron chi connectivity index (χ1n) is 7.94. The van der Waals surface area contributed by atoms with Gasteiger partial charge in [0.1, 0.15) is 0 Å². The molecule has 3 N–H and O–H groups in total. The Kier molecular flexibility index (Phi) is 5.41. The van der Waals surface area contributed by atoms with Crippen LogP contribution in [0.1, 0.15) is 39.5 Å². The van der Waals surface area contributed by atoms with Crippen LogP contribution in [0.3, 0.4) is 0 Å². The van der Waals surface area contributed by atoms with Crippen LogP contribution in [-0.2, 0) is 4.79 Å². The Morgan fingerprint density at radius 2 is 2.10 bits per heavy atom. The van der Waals surface area contributed by atoms with Crippen molar-refractivity contribution in [2.75, 3.05) is 26.2 Å². The number of likely N-dealkylation sites (tertiary alicyclic amines) is 2. The normalized spacial score (nSPS) is 34.9. The monoisotopic (exact) mass is 283 g/mol. The van der Waals surface area contributed by atoms with Crippen molar-refractivity contribution in [1.82, 2.24) is 9.80 Å². The summed E-state index contributed by atoms with van der Waals surface area (Å²) in [5.74, 6) is 0.152. The summed E-state index contributed by atoms with van der Waals surface area (Å²) in [6.45, 7) is 8.09. The molecule has 0 bridgehead atoms. The number of aliphatic hydroxyl groups excluding tert-OH is 1. The third-order valence-electron chi connectivity index (χ3n) is 4.96. The molecule has 0 saturated carbocycles. The van der Waals surface area contributed by atoms with E-state index in [2.05, 4.69) is 23.6 Å². The highest BCUT2D eigenvalue weighted by Gasteiger charge is 2.31. The zero-order valence-electron chi connectivity index (χ0n) is 12.8. The molecule has 2 fully saturated rings. The third kappa shape index (κ3) is 3.71. The predicted molar refractivity (Wildman–Crippen MR) is 79.2 cm³/mol. The number of hydrogen-bond donors (Lipinski definition) is 2. The molecule has 2 heterocycles. The summed E-state index contributed by atoms with van der Waals surface area (Å²) in [5.41, 5.74) is 5.52. The third-order valence-corrected chi connectivity index (χ3v) is 4.96. The summed E-state index contributed by atoms with van der Waals surface area (Å²) >= 11 is 0. The first-order valence-corrected chi connectivity index (χ1v) is 7.94. The van der Waals surface area contributed by atoms with Crippen molar-refractivity contribution in [3.05, 3.63) is 0 Å². The molecule has 1 amide bonds. The average molecular weight is 283 g/mol. The standard InChI is InChI=1S/C15H29N3O2/c1-11-9-17(8-6-14(11)19)12(2)10-18-7-4-3-5-13(18)15(16)20/h11-14,19H,3-10H2,1-2H3,(H2,16,20)/t11-,12-,13?,14-/m0/s1. The first kappa shape index (κ1) is 15.7. The highest BCUT2D eigenvalue weighted by atomic mass is 16.3. The lowest BCUT2D eigenvalue weighted by molar-refractivity contribution is -0.124. The zero-order chi connectivity index (χ0) is 14.7. The maximum absolute atomic E-state index is 11.6. The van der Waals surface area contributed by atoms with Crippen molar-refractivity contribution >= 4 is 5.91 Å². The highest BCUT2D eigenvalue weighted by Crippen LogP contribution is 2.21. The van der Waals surface area contributed by atoms with Gasteiger partial charge < -0.3 is 10.8 Å². The molecule has 0 aliphatic carbocycles. The molecule has 2 rings (SSSR count). The van der Waals surface area contributed by atoms with Gasteiger partial charge in [-0.3, -0.25) is 14.6 Å². The van der Waals surface area contributed by atoms with E-state index in [4.69, 9.17) is 5.73 Å². The van der Waals surface area contributed by atoms with Gasteiger partial charge in [-0.15, -0.1) is 0 Å². The second-order valence-electron chi connectivity index (χ2n) is 6.59. The van der Waals surface area contributed by atoms with Gasteiger partial charge in [-0.2, -0.15) is 0 Å². The number of amides is 1. The molecule has 0 radical (unpaired) electrons. The van der Waals surface area contributed by atoms with E-state index in [1.807, 2.05) is 0 Å². The average Bonchev–Trinajstić information content (AvgIpc) is 2.42. The van der Waals surface area contributed by atoms with Gasteiger partial charge in [0.25, 0.3) is 0 Å². The lowest BCUT2D eigenvalue weighted by Gasteiger charge is -2.42. The van der Waals surface area contributed by atoms with Crippen LogP contribution >= 0.6 is 0 Å². The fraction of sp³-hybridized carbons (Fsp3) is 0.933. The molecular formula is C15H29N3O2.